The van der Waals surface area contributed by atoms with Crippen molar-refractivity contribution in [1.29, 1.82) is 0 Å². The zero-order chi connectivity index (χ0) is 15.6. The van der Waals surface area contributed by atoms with Crippen molar-refractivity contribution in [2.75, 3.05) is 25.2 Å². The van der Waals surface area contributed by atoms with E-state index in [1.807, 2.05) is 0 Å². The van der Waals surface area contributed by atoms with E-state index < -0.39 is 21.5 Å². The van der Waals surface area contributed by atoms with Gasteiger partial charge in [0.2, 0.25) is 10.0 Å². The first kappa shape index (κ1) is 16.9. The number of ether oxygens (including phenoxy) is 1. The Morgan fingerprint density at radius 1 is 1.45 bits per heavy atom. The molecular formula is C11H19N3O4S2. The molecule has 1 aromatic heterocycles. The van der Waals surface area contributed by atoms with Gasteiger partial charge in [0.15, 0.2) is 5.13 Å². The van der Waals surface area contributed by atoms with Crippen LogP contribution in [-0.4, -0.2) is 44.8 Å². The maximum Gasteiger partial charge on any atom is 0.350 e. The molecular weight excluding hydrogens is 302 g/mol. The third-order valence-corrected chi connectivity index (χ3v) is 4.33. The average molecular weight is 321 g/mol. The summed E-state index contributed by atoms with van der Waals surface area (Å²) in [5.74, 6) is -0.429. The number of methoxy groups -OCH3 is 1. The van der Waals surface area contributed by atoms with Gasteiger partial charge >= 0.3 is 5.97 Å². The molecule has 1 aromatic rings. The van der Waals surface area contributed by atoms with Crippen LogP contribution in [0.5, 0.6) is 0 Å². The summed E-state index contributed by atoms with van der Waals surface area (Å²) in [6.07, 6.45) is 1.11. The molecule has 20 heavy (non-hydrogen) atoms. The predicted molar refractivity (Wildman–Crippen MR) is 78.7 cm³/mol. The van der Waals surface area contributed by atoms with Gasteiger partial charge in [0.25, 0.3) is 0 Å². The quantitative estimate of drug-likeness (QED) is 0.758. The van der Waals surface area contributed by atoms with Crippen LogP contribution in [0.15, 0.2) is 0 Å². The summed E-state index contributed by atoms with van der Waals surface area (Å²) in [5, 5.41) is 3.57. The van der Waals surface area contributed by atoms with Gasteiger partial charge in [0.1, 0.15) is 4.88 Å². The largest absolute Gasteiger partial charge is 0.465 e. The average Bonchev–Trinajstić information content (AvgIpc) is 2.64. The highest BCUT2D eigenvalue weighted by molar-refractivity contribution is 7.88. The molecule has 1 rings (SSSR count). The summed E-state index contributed by atoms with van der Waals surface area (Å²) >= 11 is 1.18. The van der Waals surface area contributed by atoms with E-state index in [0.29, 0.717) is 22.2 Å². The van der Waals surface area contributed by atoms with Gasteiger partial charge < -0.3 is 10.1 Å². The summed E-state index contributed by atoms with van der Waals surface area (Å²) in [4.78, 5) is 16.1. The van der Waals surface area contributed by atoms with Crippen LogP contribution in [0.2, 0.25) is 0 Å². The van der Waals surface area contributed by atoms with E-state index in [1.54, 1.807) is 20.8 Å². The number of carbonyl (C=O) groups is 1. The van der Waals surface area contributed by atoms with Crippen molar-refractivity contribution in [1.82, 2.24) is 9.71 Å². The molecule has 0 radical (unpaired) electrons. The molecule has 0 aliphatic carbocycles. The zero-order valence-corrected chi connectivity index (χ0v) is 13.7. The lowest BCUT2D eigenvalue weighted by Gasteiger charge is -2.25. The second-order valence-corrected chi connectivity index (χ2v) is 7.78. The summed E-state index contributed by atoms with van der Waals surface area (Å²) in [6.45, 7) is 5.56. The number of rotatable bonds is 6. The SMILES string of the molecule is COC(=O)c1sc(NCC(C)(C)NS(C)(=O)=O)nc1C. The predicted octanol–water partition coefficient (Wildman–Crippen LogP) is 0.978. The van der Waals surface area contributed by atoms with Crippen LogP contribution in [0.4, 0.5) is 5.13 Å². The van der Waals surface area contributed by atoms with Gasteiger partial charge in [0, 0.05) is 12.1 Å². The van der Waals surface area contributed by atoms with E-state index in [1.165, 1.54) is 18.4 Å². The molecule has 0 bridgehead atoms. The third kappa shape index (κ3) is 5.06. The minimum Gasteiger partial charge on any atom is -0.465 e. The summed E-state index contributed by atoms with van der Waals surface area (Å²) in [5.41, 5.74) is -0.0864. The Bertz CT molecular complexity index is 593. The fourth-order valence-electron chi connectivity index (χ4n) is 1.59. The van der Waals surface area contributed by atoms with Gasteiger partial charge in [-0.1, -0.05) is 11.3 Å². The second-order valence-electron chi connectivity index (χ2n) is 5.04. The van der Waals surface area contributed by atoms with Crippen LogP contribution in [-0.2, 0) is 14.8 Å². The number of thiazole rings is 1. The molecule has 0 amide bonds. The highest BCUT2D eigenvalue weighted by Crippen LogP contribution is 2.23. The van der Waals surface area contributed by atoms with E-state index in [2.05, 4.69) is 19.8 Å². The molecule has 9 heteroatoms. The van der Waals surface area contributed by atoms with E-state index in [4.69, 9.17) is 0 Å². The standard InChI is InChI=1S/C11H19N3O4S2/c1-7-8(9(15)18-4)19-10(13-7)12-6-11(2,3)14-20(5,16)17/h14H,6H2,1-5H3,(H,12,13). The number of hydrogen-bond acceptors (Lipinski definition) is 7. The van der Waals surface area contributed by atoms with Gasteiger partial charge in [-0.05, 0) is 20.8 Å². The normalized spacial score (nSPS) is 12.2. The second kappa shape index (κ2) is 6.06. The van der Waals surface area contributed by atoms with E-state index >= 15 is 0 Å². The lowest BCUT2D eigenvalue weighted by Crippen LogP contribution is -2.47. The van der Waals surface area contributed by atoms with Crippen molar-refractivity contribution < 1.29 is 17.9 Å². The van der Waals surface area contributed by atoms with Gasteiger partial charge in [-0.3, -0.25) is 0 Å². The van der Waals surface area contributed by atoms with Crippen molar-refractivity contribution in [3.63, 3.8) is 0 Å². The first-order valence-electron chi connectivity index (χ1n) is 5.82. The summed E-state index contributed by atoms with van der Waals surface area (Å²) in [7, 11) is -1.97. The Morgan fingerprint density at radius 2 is 2.05 bits per heavy atom. The van der Waals surface area contributed by atoms with Crippen molar-refractivity contribution in [3.05, 3.63) is 10.6 Å². The van der Waals surface area contributed by atoms with Gasteiger partial charge in [-0.15, -0.1) is 0 Å². The van der Waals surface area contributed by atoms with Gasteiger partial charge in [-0.25, -0.2) is 22.9 Å². The number of nitrogens with one attached hydrogen (secondary N) is 2. The fraction of sp³-hybridized carbons (Fsp3) is 0.636. The van der Waals surface area contributed by atoms with Crippen LogP contribution in [0.3, 0.4) is 0 Å². The minimum atomic E-state index is -3.29. The van der Waals surface area contributed by atoms with Crippen molar-refractivity contribution in [2.24, 2.45) is 0 Å². The number of nitrogens with zero attached hydrogens (tertiary/aromatic N) is 1. The maximum absolute atomic E-state index is 11.5. The van der Waals surface area contributed by atoms with E-state index in [-0.39, 0.29) is 0 Å². The molecule has 0 aliphatic rings. The lowest BCUT2D eigenvalue weighted by atomic mass is 10.1. The zero-order valence-electron chi connectivity index (χ0n) is 12.1. The third-order valence-electron chi connectivity index (χ3n) is 2.31. The van der Waals surface area contributed by atoms with E-state index in [9.17, 15) is 13.2 Å². The molecule has 0 unspecified atom stereocenters. The molecule has 0 saturated heterocycles. The molecule has 2 N–H and O–H groups in total. The molecule has 1 heterocycles. The maximum atomic E-state index is 11.5. The van der Waals surface area contributed by atoms with Gasteiger partial charge in [-0.2, -0.15) is 0 Å². The lowest BCUT2D eigenvalue weighted by molar-refractivity contribution is 0.0605. The number of sulfonamides is 1. The molecule has 0 saturated carbocycles. The Balaban J connectivity index is 2.73. The minimum absolute atomic E-state index is 0.341. The first-order valence-corrected chi connectivity index (χ1v) is 8.53. The Hall–Kier alpha value is -1.19. The van der Waals surface area contributed by atoms with E-state index in [0.717, 1.165) is 6.26 Å². The Kier molecular flexibility index (Phi) is 5.11. The number of aryl methyl sites for hydroxylation is 1. The van der Waals surface area contributed by atoms with Crippen LogP contribution >= 0.6 is 11.3 Å². The topological polar surface area (TPSA) is 97.4 Å². The highest BCUT2D eigenvalue weighted by atomic mass is 32.2. The summed E-state index contributed by atoms with van der Waals surface area (Å²) < 4.78 is 29.6. The van der Waals surface area contributed by atoms with Crippen LogP contribution < -0.4 is 10.0 Å². The number of esters is 1. The van der Waals surface area contributed by atoms with Crippen molar-refractivity contribution in [3.8, 4) is 0 Å². The van der Waals surface area contributed by atoms with Crippen molar-refractivity contribution in [2.45, 2.75) is 26.3 Å². The highest BCUT2D eigenvalue weighted by Gasteiger charge is 2.23. The molecule has 114 valence electrons. The smallest absolute Gasteiger partial charge is 0.350 e. The molecule has 0 aromatic carbocycles. The number of hydrogen-bond donors (Lipinski definition) is 2. The number of carbonyl (C=O) groups excluding carboxylic acids is 1. The molecule has 0 atom stereocenters. The van der Waals surface area contributed by atoms with Crippen molar-refractivity contribution >= 4 is 32.5 Å². The number of aromatic nitrogens is 1. The summed E-state index contributed by atoms with van der Waals surface area (Å²) in [6, 6.07) is 0. The van der Waals surface area contributed by atoms with Gasteiger partial charge in [0.05, 0.1) is 19.1 Å². The molecule has 0 aliphatic heterocycles. The molecule has 7 nitrogen and oxygen atoms in total. The Labute approximate surface area is 122 Å². The van der Waals surface area contributed by atoms with Crippen LogP contribution in [0.25, 0.3) is 0 Å². The van der Waals surface area contributed by atoms with Crippen LogP contribution in [0, 0.1) is 6.92 Å². The monoisotopic (exact) mass is 321 g/mol. The fourth-order valence-corrected chi connectivity index (χ4v) is 3.54. The van der Waals surface area contributed by atoms with Crippen LogP contribution in [0.1, 0.15) is 29.2 Å². The Morgan fingerprint density at radius 3 is 2.55 bits per heavy atom. The molecule has 0 fully saturated rings. The molecule has 0 spiro atoms. The first-order chi connectivity index (χ1) is 9.04. The number of anilines is 1.